The molecule has 6 radical (unpaired) electrons. The van der Waals surface area contributed by atoms with E-state index in [0.717, 1.165) is 72.3 Å². The molecule has 0 aliphatic rings. The molecular weight excluding hydrogens is 2230 g/mol. The minimum Gasteiger partial charge on any atom is -0.392 e. The molecule has 7 aromatic heterocycles. The minimum absolute atomic E-state index is 0. The van der Waals surface area contributed by atoms with Gasteiger partial charge in [0, 0.05) is 301 Å². The summed E-state index contributed by atoms with van der Waals surface area (Å²) in [7, 11) is 14.8. The van der Waals surface area contributed by atoms with Crippen LogP contribution in [0.5, 0.6) is 0 Å². The van der Waals surface area contributed by atoms with Crippen molar-refractivity contribution in [3.8, 4) is 77.9 Å². The molecule has 0 N–H and O–H groups in total. The van der Waals surface area contributed by atoms with Gasteiger partial charge in [0.2, 0.25) is 0 Å². The summed E-state index contributed by atoms with van der Waals surface area (Å²) in [4.78, 5) is 0. The van der Waals surface area contributed by atoms with Gasteiger partial charge >= 0.3 is 0 Å². The molecule has 0 aliphatic heterocycles. The van der Waals surface area contributed by atoms with E-state index in [4.69, 9.17) is 0 Å². The Labute approximate surface area is 1000 Å². The number of rotatable bonds is 7. The molecule has 21 aromatic carbocycles. The van der Waals surface area contributed by atoms with E-state index < -0.39 is 0 Å². The average molecular weight is 2320 g/mol. The summed E-state index contributed by atoms with van der Waals surface area (Å²) in [5.41, 5.74) is 33.0. The molecule has 0 atom stereocenters. The topological polar surface area (TPSA) is 34.5 Å². The quantitative estimate of drug-likeness (QED) is 0.143. The Morgan fingerprint density at radius 1 is 0.171 bits per heavy atom. The monoisotopic (exact) mass is 2320 g/mol. The summed E-state index contributed by atoms with van der Waals surface area (Å²) in [6.07, 6.45) is 0. The minimum atomic E-state index is 0. The summed E-state index contributed by atoms with van der Waals surface area (Å²) >= 11 is 0. The number of aryl methyl sites for hydroxylation is 7. The average Bonchev–Trinajstić information content (AvgIpc) is 1.59. The number of hydrogen-bond acceptors (Lipinski definition) is 0. The first kappa shape index (κ1) is 108. The molecule has 28 aromatic rings. The van der Waals surface area contributed by atoms with E-state index >= 15 is 0 Å². The number of aromatic nitrogens is 7. The van der Waals surface area contributed by atoms with E-state index in [2.05, 4.69) is 470 Å². The van der Waals surface area contributed by atoms with Crippen molar-refractivity contribution < 1.29 is 196 Å². The third kappa shape index (κ3) is 21.5. The van der Waals surface area contributed by atoms with Crippen LogP contribution in [0, 0.1) is 72.8 Å². The predicted molar refractivity (Wildman–Crippen MR) is 587 cm³/mol. The third-order valence-corrected chi connectivity index (χ3v) is 27.0. The van der Waals surface area contributed by atoms with E-state index in [1.807, 2.05) is 121 Å². The largest absolute Gasteiger partial charge is 0.392 e. The van der Waals surface area contributed by atoms with Crippen molar-refractivity contribution in [2.24, 2.45) is 49.3 Å². The maximum atomic E-state index is 3.55. The molecule has 690 valence electrons. The summed E-state index contributed by atoms with van der Waals surface area (Å²) in [5.74, 6) is 0. The number of benzene rings is 21. The van der Waals surface area contributed by atoms with Crippen molar-refractivity contribution >= 4 is 153 Å². The molecule has 0 aliphatic carbocycles. The van der Waals surface area contributed by atoms with E-state index in [9.17, 15) is 0 Å². The molecule has 0 saturated heterocycles. The van der Waals surface area contributed by atoms with Gasteiger partial charge in [0.05, 0.1) is 5.52 Å². The Bertz CT molecular complexity index is 8880. The van der Waals surface area contributed by atoms with Crippen LogP contribution in [0.25, 0.3) is 231 Å². The summed E-state index contributed by atoms with van der Waals surface area (Å²) in [5, 5.41) is 17.8. The van der Waals surface area contributed by atoms with Crippen LogP contribution in [0.1, 0.15) is 0 Å². The zero-order valence-electron chi connectivity index (χ0n) is 82.2. The van der Waals surface area contributed by atoms with Crippen LogP contribution in [-0.2, 0) is 246 Å². The van der Waals surface area contributed by atoms with E-state index in [-0.39, 0.29) is 196 Å². The number of para-hydroxylation sites is 8. The second-order valence-electron chi connectivity index (χ2n) is 35.0. The Morgan fingerprint density at radius 3 is 1.07 bits per heavy atom. The molecular formula is C133H93N7Y6-12. The Balaban J connectivity index is 0.000000121. The smallest absolute Gasteiger partial charge is 0.0568 e. The fourth-order valence-electron chi connectivity index (χ4n) is 20.1. The van der Waals surface area contributed by atoms with Crippen LogP contribution in [0.3, 0.4) is 0 Å². The third-order valence-electron chi connectivity index (χ3n) is 27.0. The Kier molecular flexibility index (Phi) is 36.0. The SMILES string of the molecule is Cn1c2[c-]c(-c3[c-]cccc3)ccc2c2ccccc21.Cn1c2c[c-]c(-c3[c-]cccc3)cc2c2ccccc21.Cn1c2ccc(-c3[c-]cccc3)[c-]c2c2ccccc21.Cn1c2ccccc2c2c(-c3[c-]cccc3)[c-]ccc21.Cn1c2ccccc2c2c[c-]c(-c3[c-]cccc3)cc21.Cn1c2ccccc2c2cc[c-]c(-c3[c-]cccc3)c21.Cn1c2ccccc2c2cccc(-c3ccccc3)c21.[Y].[Y].[Y].[Y].[Y].[Y]. The molecule has 7 heterocycles. The van der Waals surface area contributed by atoms with Crippen LogP contribution in [0.4, 0.5) is 0 Å². The summed E-state index contributed by atoms with van der Waals surface area (Å²) < 4.78 is 15.7. The molecule has 28 rings (SSSR count). The maximum Gasteiger partial charge on any atom is 0.0568 e. The number of hydrogen-bond donors (Lipinski definition) is 0. The number of fused-ring (bicyclic) bond motifs is 21. The van der Waals surface area contributed by atoms with Gasteiger partial charge in [-0.05, 0) is 103 Å². The van der Waals surface area contributed by atoms with E-state index in [0.29, 0.717) is 0 Å². The zero-order valence-corrected chi connectivity index (χ0v) is 99.2. The first-order chi connectivity index (χ1) is 69.0. The fourth-order valence-corrected chi connectivity index (χ4v) is 20.1. The van der Waals surface area contributed by atoms with Crippen molar-refractivity contribution in [2.75, 3.05) is 0 Å². The van der Waals surface area contributed by atoms with Gasteiger partial charge in [0.15, 0.2) is 0 Å². The first-order valence-electron chi connectivity index (χ1n) is 47.1. The molecule has 0 amide bonds. The molecule has 0 saturated carbocycles. The second kappa shape index (κ2) is 48.9. The van der Waals surface area contributed by atoms with Gasteiger partial charge in [-0.3, -0.25) is 0 Å². The molecule has 0 bridgehead atoms. The van der Waals surface area contributed by atoms with Crippen LogP contribution < -0.4 is 0 Å². The predicted octanol–water partition coefficient (Wildman–Crippen LogP) is 32.6. The summed E-state index contributed by atoms with van der Waals surface area (Å²) in [6.45, 7) is 0. The van der Waals surface area contributed by atoms with Crippen LogP contribution in [-0.4, -0.2) is 32.0 Å². The Morgan fingerprint density at radius 2 is 0.534 bits per heavy atom. The van der Waals surface area contributed by atoms with Crippen molar-refractivity contribution in [2.45, 2.75) is 0 Å². The molecule has 7 nitrogen and oxygen atoms in total. The van der Waals surface area contributed by atoms with Gasteiger partial charge in [-0.2, -0.15) is 224 Å². The molecule has 13 heteroatoms. The van der Waals surface area contributed by atoms with Gasteiger partial charge in [-0.1, -0.05) is 208 Å². The van der Waals surface area contributed by atoms with E-state index in [1.54, 1.807) is 0 Å². The summed E-state index contributed by atoms with van der Waals surface area (Å²) in [6, 6.07) is 191. The molecule has 0 unspecified atom stereocenters. The molecule has 0 spiro atoms. The van der Waals surface area contributed by atoms with Crippen LogP contribution >= 0.6 is 0 Å². The zero-order chi connectivity index (χ0) is 94.7. The van der Waals surface area contributed by atoms with E-state index in [1.165, 1.54) is 158 Å². The molecule has 0 fully saturated rings. The second-order valence-corrected chi connectivity index (χ2v) is 35.0. The number of nitrogens with zero attached hydrogens (tertiary/aromatic N) is 7. The van der Waals surface area contributed by atoms with Crippen LogP contribution in [0.15, 0.2) is 437 Å². The normalized spacial score (nSPS) is 10.8. The van der Waals surface area contributed by atoms with Gasteiger partial charge in [0.25, 0.3) is 0 Å². The van der Waals surface area contributed by atoms with Crippen molar-refractivity contribution in [3.05, 3.63) is 510 Å². The maximum absolute atomic E-state index is 3.55. The standard InChI is InChI=1S/C19H15N.6C19H13N.6Y/c2*1-20-18-13-6-5-10-16(18)17-12-7-11-15(19(17)20)14-8-3-2-4-9-14;1-20-17-12-6-5-10-16(17)19-15(11-7-13-18(19)20)14-8-3-2-4-9-14;2*1-20-18-10-6-5-9-16(18)17-13-15(11-12-19(17)20)14-7-3-2-4-8-14;2*1-20-18-10-6-5-9-16(18)17-12-11-15(13-19(17)20)14-7-3-2-4-8-14;;;;;;/h2-13H,1H3;2*2-8,10,12-13H,1H3;2-7,9-10,12-13H,1H3;2-7,9-12H,1H3;2-7,9-10,12-13H,1H3;2-7,9-12H,1H3;;;;;;/q;6*-2;;;;;;. The van der Waals surface area contributed by atoms with Crippen molar-refractivity contribution in [1.29, 1.82) is 0 Å². The fraction of sp³-hybridized carbons (Fsp3) is 0.0526. The van der Waals surface area contributed by atoms with Gasteiger partial charge < -0.3 is 32.0 Å². The van der Waals surface area contributed by atoms with Crippen LogP contribution in [0.2, 0.25) is 0 Å². The first-order valence-corrected chi connectivity index (χ1v) is 47.1. The van der Waals surface area contributed by atoms with Gasteiger partial charge in [-0.15, -0.1) is 83.6 Å². The van der Waals surface area contributed by atoms with Crippen molar-refractivity contribution in [3.63, 3.8) is 0 Å². The Hall–Kier alpha value is -11.2. The van der Waals surface area contributed by atoms with Gasteiger partial charge in [0.1, 0.15) is 0 Å². The van der Waals surface area contributed by atoms with Crippen molar-refractivity contribution in [1.82, 2.24) is 32.0 Å². The van der Waals surface area contributed by atoms with Gasteiger partial charge in [-0.25, -0.2) is 61.2 Å². The molecule has 146 heavy (non-hydrogen) atoms.